The molecule has 2 atom stereocenters. The number of fused-ring (bicyclic) bond motifs is 2. The van der Waals surface area contributed by atoms with E-state index >= 15 is 0 Å². The Morgan fingerprint density at radius 1 is 0.857 bits per heavy atom. The Hall–Kier alpha value is -0.920. The highest BCUT2D eigenvalue weighted by molar-refractivity contribution is 5.31. The monoisotopic (exact) mass is 188 g/mol. The first-order valence-electron chi connectivity index (χ1n) is 5.65. The van der Waals surface area contributed by atoms with Gasteiger partial charge in [-0.1, -0.05) is 13.8 Å². The molecule has 74 valence electrons. The highest BCUT2D eigenvalue weighted by Gasteiger charge is 2.28. The van der Waals surface area contributed by atoms with Gasteiger partial charge < -0.3 is 0 Å². The fraction of sp³-hybridized carbons (Fsp3) is 0.667. The first-order valence-corrected chi connectivity index (χ1v) is 5.65. The van der Waals surface area contributed by atoms with Crippen LogP contribution in [0.1, 0.15) is 61.3 Å². The van der Waals surface area contributed by atoms with Crippen molar-refractivity contribution in [2.24, 2.45) is 0 Å². The van der Waals surface area contributed by atoms with E-state index in [1.54, 1.807) is 0 Å². The summed E-state index contributed by atoms with van der Waals surface area (Å²) < 4.78 is 0. The summed E-state index contributed by atoms with van der Waals surface area (Å²) in [6.45, 7) is 4.54. The summed E-state index contributed by atoms with van der Waals surface area (Å²) in [6.07, 6.45) is 4.77. The summed E-state index contributed by atoms with van der Waals surface area (Å²) in [5.41, 5.74) is 5.14. The van der Waals surface area contributed by atoms with Crippen molar-refractivity contribution in [3.63, 3.8) is 0 Å². The van der Waals surface area contributed by atoms with Crippen LogP contribution in [0, 0.1) is 0 Å². The van der Waals surface area contributed by atoms with Crippen molar-refractivity contribution in [2.75, 3.05) is 0 Å². The molecule has 0 N–H and O–H groups in total. The average Bonchev–Trinajstić information content (AvgIpc) is 2.71. The summed E-state index contributed by atoms with van der Waals surface area (Å²) in [4.78, 5) is 9.61. The molecule has 14 heavy (non-hydrogen) atoms. The van der Waals surface area contributed by atoms with Gasteiger partial charge in [0, 0.05) is 11.8 Å². The SMILES string of the molecule is C[C@@H]1CCc2nc3c(nc21)CC[C@@H]3C. The molecule has 0 aromatic carbocycles. The molecule has 0 bridgehead atoms. The third kappa shape index (κ3) is 1.03. The molecule has 2 nitrogen and oxygen atoms in total. The van der Waals surface area contributed by atoms with E-state index < -0.39 is 0 Å². The molecule has 0 saturated carbocycles. The first-order chi connectivity index (χ1) is 6.75. The van der Waals surface area contributed by atoms with Crippen LogP contribution in [0.4, 0.5) is 0 Å². The maximum Gasteiger partial charge on any atom is 0.0650 e. The van der Waals surface area contributed by atoms with E-state index in [9.17, 15) is 0 Å². The maximum absolute atomic E-state index is 4.80. The van der Waals surface area contributed by atoms with Crippen molar-refractivity contribution in [2.45, 2.75) is 51.4 Å². The lowest BCUT2D eigenvalue weighted by molar-refractivity contribution is 0.716. The predicted octanol–water partition coefficient (Wildman–Crippen LogP) is 2.58. The third-order valence-electron chi connectivity index (χ3n) is 3.66. The summed E-state index contributed by atoms with van der Waals surface area (Å²) in [6, 6.07) is 0. The van der Waals surface area contributed by atoms with Crippen LogP contribution in [-0.2, 0) is 12.8 Å². The summed E-state index contributed by atoms with van der Waals surface area (Å²) in [5, 5.41) is 0. The van der Waals surface area contributed by atoms with Crippen molar-refractivity contribution in [3.05, 3.63) is 22.8 Å². The van der Waals surface area contributed by atoms with E-state index in [0.717, 1.165) is 12.8 Å². The minimum atomic E-state index is 0.638. The molecule has 0 unspecified atom stereocenters. The van der Waals surface area contributed by atoms with E-state index in [1.165, 1.54) is 35.6 Å². The molecule has 1 heterocycles. The molecule has 1 aromatic rings. The minimum absolute atomic E-state index is 0.638. The van der Waals surface area contributed by atoms with Gasteiger partial charge >= 0.3 is 0 Å². The lowest BCUT2D eigenvalue weighted by Gasteiger charge is -2.07. The van der Waals surface area contributed by atoms with Gasteiger partial charge in [-0.3, -0.25) is 9.97 Å². The van der Waals surface area contributed by atoms with Crippen LogP contribution in [-0.4, -0.2) is 9.97 Å². The summed E-state index contributed by atoms with van der Waals surface area (Å²) in [7, 11) is 0. The van der Waals surface area contributed by atoms with Crippen molar-refractivity contribution in [1.29, 1.82) is 0 Å². The molecule has 0 saturated heterocycles. The van der Waals surface area contributed by atoms with Crippen LogP contribution >= 0.6 is 0 Å². The highest BCUT2D eigenvalue weighted by atomic mass is 14.9. The van der Waals surface area contributed by atoms with Crippen LogP contribution < -0.4 is 0 Å². The number of hydrogen-bond donors (Lipinski definition) is 0. The van der Waals surface area contributed by atoms with Crippen LogP contribution in [0.5, 0.6) is 0 Å². The van der Waals surface area contributed by atoms with Crippen LogP contribution in [0.15, 0.2) is 0 Å². The lowest BCUT2D eigenvalue weighted by Crippen LogP contribution is -2.02. The highest BCUT2D eigenvalue weighted by Crippen LogP contribution is 2.35. The topological polar surface area (TPSA) is 25.8 Å². The molecule has 0 aliphatic heterocycles. The lowest BCUT2D eigenvalue weighted by atomic mass is 10.1. The number of aromatic nitrogens is 2. The van der Waals surface area contributed by atoms with Gasteiger partial charge in [-0.2, -0.15) is 0 Å². The van der Waals surface area contributed by atoms with Crippen molar-refractivity contribution in [1.82, 2.24) is 9.97 Å². The van der Waals surface area contributed by atoms with Crippen molar-refractivity contribution >= 4 is 0 Å². The Kier molecular flexibility index (Phi) is 1.67. The zero-order valence-electron chi connectivity index (χ0n) is 8.88. The fourth-order valence-corrected chi connectivity index (χ4v) is 2.67. The van der Waals surface area contributed by atoms with Gasteiger partial charge in [0.2, 0.25) is 0 Å². The second-order valence-corrected chi connectivity index (χ2v) is 4.77. The van der Waals surface area contributed by atoms with E-state index in [2.05, 4.69) is 13.8 Å². The number of hydrogen-bond acceptors (Lipinski definition) is 2. The number of rotatable bonds is 0. The Morgan fingerprint density at radius 3 is 1.71 bits per heavy atom. The predicted molar refractivity (Wildman–Crippen MR) is 55.5 cm³/mol. The first kappa shape index (κ1) is 8.39. The average molecular weight is 188 g/mol. The fourth-order valence-electron chi connectivity index (χ4n) is 2.67. The minimum Gasteiger partial charge on any atom is -0.254 e. The molecule has 2 heteroatoms. The molecule has 3 rings (SSSR count). The normalized spacial score (nSPS) is 29.0. The summed E-state index contributed by atoms with van der Waals surface area (Å²) in [5.74, 6) is 1.28. The molecule has 0 spiro atoms. The van der Waals surface area contributed by atoms with Gasteiger partial charge in [-0.15, -0.1) is 0 Å². The molecule has 0 fully saturated rings. The van der Waals surface area contributed by atoms with E-state index in [4.69, 9.17) is 9.97 Å². The van der Waals surface area contributed by atoms with Gasteiger partial charge in [0.15, 0.2) is 0 Å². The van der Waals surface area contributed by atoms with Crippen molar-refractivity contribution < 1.29 is 0 Å². The van der Waals surface area contributed by atoms with Crippen LogP contribution in [0.3, 0.4) is 0 Å². The third-order valence-corrected chi connectivity index (χ3v) is 3.66. The Bertz CT molecular complexity index is 346. The van der Waals surface area contributed by atoms with Gasteiger partial charge in [-0.25, -0.2) is 0 Å². The second kappa shape index (κ2) is 2.78. The van der Waals surface area contributed by atoms with E-state index in [1.807, 2.05) is 0 Å². The molecular weight excluding hydrogens is 172 g/mol. The largest absolute Gasteiger partial charge is 0.254 e. The zero-order chi connectivity index (χ0) is 9.71. The molecule has 0 amide bonds. The van der Waals surface area contributed by atoms with Crippen molar-refractivity contribution in [3.8, 4) is 0 Å². The van der Waals surface area contributed by atoms with E-state index in [-0.39, 0.29) is 0 Å². The van der Waals surface area contributed by atoms with Crippen LogP contribution in [0.25, 0.3) is 0 Å². The Morgan fingerprint density at radius 2 is 1.29 bits per heavy atom. The quantitative estimate of drug-likeness (QED) is 0.625. The van der Waals surface area contributed by atoms with E-state index in [0.29, 0.717) is 11.8 Å². The molecule has 2 aliphatic carbocycles. The maximum atomic E-state index is 4.80. The summed E-state index contributed by atoms with van der Waals surface area (Å²) >= 11 is 0. The van der Waals surface area contributed by atoms with Crippen LogP contribution in [0.2, 0.25) is 0 Å². The smallest absolute Gasteiger partial charge is 0.0650 e. The molecular formula is C12H16N2. The second-order valence-electron chi connectivity index (χ2n) is 4.77. The number of aryl methyl sites for hydroxylation is 2. The zero-order valence-corrected chi connectivity index (χ0v) is 8.88. The Labute approximate surface area is 84.8 Å². The molecule has 0 radical (unpaired) electrons. The number of nitrogens with zero attached hydrogens (tertiary/aromatic N) is 2. The molecule has 2 aliphatic rings. The Balaban J connectivity index is 2.15. The van der Waals surface area contributed by atoms with Gasteiger partial charge in [0.1, 0.15) is 0 Å². The standard InChI is InChI=1S/C12H16N2/c1-7-3-5-9-11(7)13-10-6-4-8(2)12(10)14-9/h7-8H,3-6H2,1-2H3/t7-,8+. The molecule has 1 aromatic heterocycles. The van der Waals surface area contributed by atoms with Gasteiger partial charge in [0.25, 0.3) is 0 Å². The van der Waals surface area contributed by atoms with Gasteiger partial charge in [0.05, 0.1) is 22.8 Å². The van der Waals surface area contributed by atoms with Gasteiger partial charge in [-0.05, 0) is 25.7 Å².